The Bertz CT molecular complexity index is 1250. The van der Waals surface area contributed by atoms with Gasteiger partial charge in [-0.1, -0.05) is 24.3 Å². The zero-order valence-electron chi connectivity index (χ0n) is 16.0. The minimum absolute atomic E-state index is 0.354. The average Bonchev–Trinajstić information content (AvgIpc) is 3.08. The molecule has 2 aromatic carbocycles. The van der Waals surface area contributed by atoms with Crippen LogP contribution in [0.3, 0.4) is 0 Å². The highest BCUT2D eigenvalue weighted by Crippen LogP contribution is 2.32. The first kappa shape index (κ1) is 19.6. The summed E-state index contributed by atoms with van der Waals surface area (Å²) in [6.45, 7) is 3.53. The van der Waals surface area contributed by atoms with Crippen molar-refractivity contribution >= 4 is 17.4 Å². The molecule has 1 N–H and O–H groups in total. The molecule has 0 saturated heterocycles. The van der Waals surface area contributed by atoms with Crippen molar-refractivity contribution in [2.24, 2.45) is 0 Å². The number of benzene rings is 2. The molecule has 0 atom stereocenters. The van der Waals surface area contributed by atoms with E-state index < -0.39 is 11.7 Å². The lowest BCUT2D eigenvalue weighted by Gasteiger charge is -2.13. The summed E-state index contributed by atoms with van der Waals surface area (Å²) >= 11 is 0. The van der Waals surface area contributed by atoms with Crippen molar-refractivity contribution in [3.8, 4) is 11.1 Å². The van der Waals surface area contributed by atoms with Gasteiger partial charge in [0.15, 0.2) is 0 Å². The Kier molecular flexibility index (Phi) is 4.73. The lowest BCUT2D eigenvalue weighted by atomic mass is 9.95. The van der Waals surface area contributed by atoms with Crippen LogP contribution < -0.4 is 5.32 Å². The molecule has 152 valence electrons. The standard InChI is InChI=1S/C21H16F3N5O/c1-12-17(14-6-8-15(9-7-14)21(22,23)24)4-3-5-18(12)19(30)26-16-10-25-20-28-27-13(2)29(20)11-16/h3-11H,1-2H3,(H,26,30). The van der Waals surface area contributed by atoms with Gasteiger partial charge in [0.05, 0.1) is 17.4 Å². The van der Waals surface area contributed by atoms with Gasteiger partial charge in [0.25, 0.3) is 11.7 Å². The Morgan fingerprint density at radius 1 is 1.03 bits per heavy atom. The smallest absolute Gasteiger partial charge is 0.319 e. The zero-order chi connectivity index (χ0) is 21.5. The summed E-state index contributed by atoms with van der Waals surface area (Å²) < 4.78 is 40.1. The van der Waals surface area contributed by atoms with E-state index >= 15 is 0 Å². The van der Waals surface area contributed by atoms with Gasteiger partial charge in [-0.05, 0) is 48.7 Å². The van der Waals surface area contributed by atoms with E-state index in [2.05, 4.69) is 20.5 Å². The summed E-state index contributed by atoms with van der Waals surface area (Å²) in [6.07, 6.45) is -1.24. The van der Waals surface area contributed by atoms with Crippen molar-refractivity contribution in [2.45, 2.75) is 20.0 Å². The molecule has 0 aliphatic heterocycles. The fraction of sp³-hybridized carbons (Fsp3) is 0.143. The van der Waals surface area contributed by atoms with Crippen LogP contribution in [0.2, 0.25) is 0 Å². The maximum atomic E-state index is 12.8. The van der Waals surface area contributed by atoms with Gasteiger partial charge in [-0.15, -0.1) is 10.2 Å². The number of rotatable bonds is 3. The number of aryl methyl sites for hydroxylation is 1. The van der Waals surface area contributed by atoms with Gasteiger partial charge in [0, 0.05) is 11.8 Å². The number of halogens is 3. The van der Waals surface area contributed by atoms with E-state index in [1.807, 2.05) is 0 Å². The van der Waals surface area contributed by atoms with Crippen LogP contribution >= 0.6 is 0 Å². The summed E-state index contributed by atoms with van der Waals surface area (Å²) in [6, 6.07) is 9.99. The third kappa shape index (κ3) is 3.61. The van der Waals surface area contributed by atoms with Gasteiger partial charge in [0.2, 0.25) is 0 Å². The average molecular weight is 411 g/mol. The van der Waals surface area contributed by atoms with Crippen LogP contribution in [0.4, 0.5) is 18.9 Å². The molecule has 0 unspecified atom stereocenters. The van der Waals surface area contributed by atoms with Gasteiger partial charge < -0.3 is 5.32 Å². The van der Waals surface area contributed by atoms with Crippen LogP contribution in [0.25, 0.3) is 16.9 Å². The van der Waals surface area contributed by atoms with Gasteiger partial charge in [-0.2, -0.15) is 13.2 Å². The molecule has 0 aliphatic carbocycles. The zero-order valence-corrected chi connectivity index (χ0v) is 16.0. The number of nitrogens with zero attached hydrogens (tertiary/aromatic N) is 4. The van der Waals surface area contributed by atoms with Crippen molar-refractivity contribution in [1.29, 1.82) is 0 Å². The lowest BCUT2D eigenvalue weighted by molar-refractivity contribution is -0.137. The molecule has 0 radical (unpaired) electrons. The molecule has 1 amide bonds. The summed E-state index contributed by atoms with van der Waals surface area (Å²) in [5.41, 5.74) is 2.09. The quantitative estimate of drug-likeness (QED) is 0.531. The predicted octanol–water partition coefficient (Wildman–Crippen LogP) is 4.68. The van der Waals surface area contributed by atoms with Crippen molar-refractivity contribution in [1.82, 2.24) is 19.6 Å². The maximum absolute atomic E-state index is 12.8. The van der Waals surface area contributed by atoms with Gasteiger partial charge in [-0.3, -0.25) is 9.20 Å². The maximum Gasteiger partial charge on any atom is 0.416 e. The van der Waals surface area contributed by atoms with Crippen LogP contribution in [0, 0.1) is 13.8 Å². The first-order valence-electron chi connectivity index (χ1n) is 9.00. The second kappa shape index (κ2) is 7.25. The second-order valence-electron chi connectivity index (χ2n) is 6.77. The molecule has 4 rings (SSSR count). The molecule has 30 heavy (non-hydrogen) atoms. The molecular weight excluding hydrogens is 395 g/mol. The number of aromatic nitrogens is 4. The molecular formula is C21H16F3N5O. The number of hydrogen-bond donors (Lipinski definition) is 1. The normalized spacial score (nSPS) is 11.6. The van der Waals surface area contributed by atoms with Crippen molar-refractivity contribution in [2.75, 3.05) is 5.32 Å². The number of anilines is 1. The van der Waals surface area contributed by atoms with Crippen molar-refractivity contribution in [3.63, 3.8) is 0 Å². The number of carbonyl (C=O) groups is 1. The van der Waals surface area contributed by atoms with E-state index in [-0.39, 0.29) is 5.91 Å². The van der Waals surface area contributed by atoms with E-state index in [4.69, 9.17) is 0 Å². The van der Waals surface area contributed by atoms with Crippen LogP contribution in [0.15, 0.2) is 54.9 Å². The summed E-state index contributed by atoms with van der Waals surface area (Å²) in [4.78, 5) is 17.0. The minimum Gasteiger partial charge on any atom is -0.319 e. The SMILES string of the molecule is Cc1c(C(=O)Nc2cnc3nnc(C)n3c2)cccc1-c1ccc(C(F)(F)F)cc1. The number of nitrogens with one attached hydrogen (secondary N) is 1. The molecule has 6 nitrogen and oxygen atoms in total. The largest absolute Gasteiger partial charge is 0.416 e. The number of hydrogen-bond acceptors (Lipinski definition) is 4. The predicted molar refractivity (Wildman–Crippen MR) is 105 cm³/mol. The fourth-order valence-electron chi connectivity index (χ4n) is 3.19. The van der Waals surface area contributed by atoms with E-state index in [9.17, 15) is 18.0 Å². The molecule has 2 aromatic heterocycles. The highest BCUT2D eigenvalue weighted by Gasteiger charge is 2.30. The molecule has 0 saturated carbocycles. The van der Waals surface area contributed by atoms with Crippen LogP contribution in [-0.2, 0) is 6.18 Å². The van der Waals surface area contributed by atoms with E-state index in [1.165, 1.54) is 18.3 Å². The van der Waals surface area contributed by atoms with Gasteiger partial charge in [0.1, 0.15) is 5.82 Å². The number of carbonyl (C=O) groups excluding carboxylic acids is 1. The number of amides is 1. The molecule has 4 aromatic rings. The topological polar surface area (TPSA) is 72.2 Å². The summed E-state index contributed by atoms with van der Waals surface area (Å²) in [5.74, 6) is 0.702. The third-order valence-electron chi connectivity index (χ3n) is 4.80. The summed E-state index contributed by atoms with van der Waals surface area (Å²) in [5, 5.41) is 10.6. The third-order valence-corrected chi connectivity index (χ3v) is 4.80. The van der Waals surface area contributed by atoms with Gasteiger partial charge >= 0.3 is 6.18 Å². The Labute approximate surface area is 169 Å². The molecule has 2 heterocycles. The van der Waals surface area contributed by atoms with E-state index in [1.54, 1.807) is 42.6 Å². The Balaban J connectivity index is 1.63. The van der Waals surface area contributed by atoms with E-state index in [0.29, 0.717) is 39.5 Å². The van der Waals surface area contributed by atoms with Gasteiger partial charge in [-0.25, -0.2) is 4.98 Å². The Morgan fingerprint density at radius 3 is 2.47 bits per heavy atom. The second-order valence-corrected chi connectivity index (χ2v) is 6.77. The fourth-order valence-corrected chi connectivity index (χ4v) is 3.19. The number of fused-ring (bicyclic) bond motifs is 1. The van der Waals surface area contributed by atoms with Crippen molar-refractivity contribution in [3.05, 3.63) is 77.4 Å². The summed E-state index contributed by atoms with van der Waals surface area (Å²) in [7, 11) is 0. The number of alkyl halides is 3. The minimum atomic E-state index is -4.40. The molecule has 0 spiro atoms. The lowest BCUT2D eigenvalue weighted by Crippen LogP contribution is -2.14. The molecule has 9 heteroatoms. The Hall–Kier alpha value is -3.75. The highest BCUT2D eigenvalue weighted by atomic mass is 19.4. The Morgan fingerprint density at radius 2 is 1.77 bits per heavy atom. The molecule has 0 fully saturated rings. The molecule has 0 aliphatic rings. The van der Waals surface area contributed by atoms with Crippen LogP contribution in [0.1, 0.15) is 27.3 Å². The van der Waals surface area contributed by atoms with Crippen molar-refractivity contribution < 1.29 is 18.0 Å². The monoisotopic (exact) mass is 411 g/mol. The molecule has 0 bridgehead atoms. The highest BCUT2D eigenvalue weighted by molar-refractivity contribution is 6.06. The first-order valence-corrected chi connectivity index (χ1v) is 9.00. The first-order chi connectivity index (χ1) is 14.2. The van der Waals surface area contributed by atoms with E-state index in [0.717, 1.165) is 12.1 Å². The van der Waals surface area contributed by atoms with Crippen LogP contribution in [-0.4, -0.2) is 25.5 Å². The van der Waals surface area contributed by atoms with Crippen LogP contribution in [0.5, 0.6) is 0 Å².